The minimum absolute atomic E-state index is 0.0444. The lowest BCUT2D eigenvalue weighted by molar-refractivity contribution is 0.399. The van der Waals surface area contributed by atoms with Crippen molar-refractivity contribution in [3.05, 3.63) is 110 Å². The average molecular weight is 511 g/mol. The van der Waals surface area contributed by atoms with Gasteiger partial charge in [0, 0.05) is 28.5 Å². The van der Waals surface area contributed by atoms with E-state index < -0.39 is 10.0 Å². The van der Waals surface area contributed by atoms with Gasteiger partial charge >= 0.3 is 0 Å². The van der Waals surface area contributed by atoms with Crippen molar-refractivity contribution < 1.29 is 8.42 Å². The number of aromatic nitrogens is 1. The number of fused-ring (bicyclic) bond motifs is 1. The highest BCUT2D eigenvalue weighted by Crippen LogP contribution is 2.28. The SMILES string of the molecule is Cc1ccc(C)c2[nH]c(=O)c(CN(Cc3ccccc3)S(=O)(=O)c3ccccc3Br)cc12. The first-order valence-corrected chi connectivity index (χ1v) is 12.4. The first-order valence-electron chi connectivity index (χ1n) is 10.2. The number of halogens is 1. The zero-order valence-electron chi connectivity index (χ0n) is 17.8. The Hall–Kier alpha value is -2.74. The lowest BCUT2D eigenvalue weighted by atomic mass is 10.0. The summed E-state index contributed by atoms with van der Waals surface area (Å²) in [7, 11) is -3.88. The molecule has 0 unspecified atom stereocenters. The van der Waals surface area contributed by atoms with E-state index in [2.05, 4.69) is 20.9 Å². The molecule has 1 heterocycles. The number of hydrogen-bond donors (Lipinski definition) is 1. The molecule has 32 heavy (non-hydrogen) atoms. The summed E-state index contributed by atoms with van der Waals surface area (Å²) in [5.41, 5.74) is 3.72. The molecule has 4 aromatic rings. The van der Waals surface area contributed by atoms with E-state index >= 15 is 0 Å². The van der Waals surface area contributed by atoms with Gasteiger partial charge in [-0.3, -0.25) is 4.79 Å². The zero-order chi connectivity index (χ0) is 22.9. The number of aryl methyl sites for hydroxylation is 2. The van der Waals surface area contributed by atoms with Crippen molar-refractivity contribution >= 4 is 36.9 Å². The van der Waals surface area contributed by atoms with Crippen LogP contribution in [-0.2, 0) is 23.1 Å². The molecule has 1 N–H and O–H groups in total. The first-order chi connectivity index (χ1) is 15.3. The first kappa shape index (κ1) is 22.5. The molecule has 0 radical (unpaired) electrons. The fourth-order valence-electron chi connectivity index (χ4n) is 3.73. The molecule has 0 aliphatic carbocycles. The molecule has 164 valence electrons. The van der Waals surface area contributed by atoms with Crippen molar-refractivity contribution in [2.24, 2.45) is 0 Å². The van der Waals surface area contributed by atoms with Crippen LogP contribution in [0.1, 0.15) is 22.3 Å². The Morgan fingerprint density at radius 1 is 0.875 bits per heavy atom. The largest absolute Gasteiger partial charge is 0.321 e. The summed E-state index contributed by atoms with van der Waals surface area (Å²) in [5, 5.41) is 0.914. The summed E-state index contributed by atoms with van der Waals surface area (Å²) >= 11 is 3.36. The van der Waals surface area contributed by atoms with E-state index in [4.69, 9.17) is 0 Å². The van der Waals surface area contributed by atoms with Crippen LogP contribution in [0.4, 0.5) is 0 Å². The van der Waals surface area contributed by atoms with Crippen LogP contribution in [0.5, 0.6) is 0 Å². The number of nitrogens with one attached hydrogen (secondary N) is 1. The monoisotopic (exact) mass is 510 g/mol. The minimum atomic E-state index is -3.88. The third-order valence-electron chi connectivity index (χ3n) is 5.52. The molecule has 0 saturated heterocycles. The topological polar surface area (TPSA) is 70.2 Å². The van der Waals surface area contributed by atoms with Crippen LogP contribution in [-0.4, -0.2) is 17.7 Å². The second kappa shape index (κ2) is 9.02. The van der Waals surface area contributed by atoms with E-state index in [0.29, 0.717) is 10.0 Å². The number of benzene rings is 3. The van der Waals surface area contributed by atoms with Gasteiger partial charge in [-0.2, -0.15) is 4.31 Å². The molecule has 7 heteroatoms. The maximum atomic E-state index is 13.6. The van der Waals surface area contributed by atoms with Gasteiger partial charge in [0.05, 0.1) is 10.4 Å². The maximum Gasteiger partial charge on any atom is 0.252 e. The van der Waals surface area contributed by atoms with Crippen LogP contribution in [0.25, 0.3) is 10.9 Å². The number of H-pyrrole nitrogens is 1. The number of pyridine rings is 1. The molecule has 0 saturated carbocycles. The van der Waals surface area contributed by atoms with Crippen molar-refractivity contribution in [3.63, 3.8) is 0 Å². The predicted octanol–water partition coefficient (Wildman–Crippen LogP) is 5.30. The average Bonchev–Trinajstić information content (AvgIpc) is 2.77. The van der Waals surface area contributed by atoms with E-state index in [1.807, 2.05) is 62.4 Å². The molecule has 0 bridgehead atoms. The molecule has 3 aromatic carbocycles. The van der Waals surface area contributed by atoms with Crippen LogP contribution >= 0.6 is 15.9 Å². The van der Waals surface area contributed by atoms with E-state index in [-0.39, 0.29) is 23.5 Å². The summed E-state index contributed by atoms with van der Waals surface area (Å²) in [6.07, 6.45) is 0. The standard InChI is InChI=1S/C25H23BrN2O3S/c1-17-12-13-18(2)24-21(17)14-20(25(29)27-24)16-28(15-19-8-4-3-5-9-19)32(30,31)23-11-7-6-10-22(23)26/h3-14H,15-16H2,1-2H3,(H,27,29). The Labute approximate surface area is 195 Å². The van der Waals surface area contributed by atoms with Crippen LogP contribution < -0.4 is 5.56 Å². The van der Waals surface area contributed by atoms with Gasteiger partial charge in [0.1, 0.15) is 0 Å². The number of rotatable bonds is 6. The van der Waals surface area contributed by atoms with E-state index in [1.54, 1.807) is 24.3 Å². The van der Waals surface area contributed by atoms with Crippen LogP contribution in [0.2, 0.25) is 0 Å². The molecule has 0 fully saturated rings. The van der Waals surface area contributed by atoms with E-state index in [1.165, 1.54) is 4.31 Å². The number of sulfonamides is 1. The fraction of sp³-hybridized carbons (Fsp3) is 0.160. The zero-order valence-corrected chi connectivity index (χ0v) is 20.2. The van der Waals surface area contributed by atoms with Crippen molar-refractivity contribution in [1.29, 1.82) is 0 Å². The smallest absolute Gasteiger partial charge is 0.252 e. The lowest BCUT2D eigenvalue weighted by Gasteiger charge is -2.23. The molecule has 0 aliphatic heterocycles. The maximum absolute atomic E-state index is 13.6. The Kier molecular flexibility index (Phi) is 6.33. The van der Waals surface area contributed by atoms with E-state index in [0.717, 1.165) is 27.6 Å². The Morgan fingerprint density at radius 2 is 1.53 bits per heavy atom. The summed E-state index contributed by atoms with van der Waals surface area (Å²) in [4.78, 5) is 16.0. The lowest BCUT2D eigenvalue weighted by Crippen LogP contribution is -2.32. The predicted molar refractivity (Wildman–Crippen MR) is 131 cm³/mol. The molecule has 4 rings (SSSR count). The second-order valence-electron chi connectivity index (χ2n) is 7.80. The van der Waals surface area contributed by atoms with Gasteiger partial charge in [0.15, 0.2) is 0 Å². The fourth-order valence-corrected chi connectivity index (χ4v) is 6.10. The molecule has 0 amide bonds. The van der Waals surface area contributed by atoms with Crippen molar-refractivity contribution in [2.45, 2.75) is 31.8 Å². The van der Waals surface area contributed by atoms with Crippen LogP contribution in [0.3, 0.4) is 0 Å². The number of nitrogens with zero attached hydrogens (tertiary/aromatic N) is 1. The quantitative estimate of drug-likeness (QED) is 0.382. The molecular weight excluding hydrogens is 488 g/mol. The van der Waals surface area contributed by atoms with Gasteiger partial charge in [-0.05, 0) is 64.7 Å². The Balaban J connectivity index is 1.83. The summed E-state index contributed by atoms with van der Waals surface area (Å²) < 4.78 is 29.1. The number of aromatic amines is 1. The van der Waals surface area contributed by atoms with Crippen molar-refractivity contribution in [1.82, 2.24) is 9.29 Å². The molecule has 0 aliphatic rings. The van der Waals surface area contributed by atoms with Crippen molar-refractivity contribution in [3.8, 4) is 0 Å². The molecule has 0 spiro atoms. The van der Waals surface area contributed by atoms with Crippen molar-refractivity contribution in [2.75, 3.05) is 0 Å². The third kappa shape index (κ3) is 4.41. The van der Waals surface area contributed by atoms with Gasteiger partial charge < -0.3 is 4.98 Å². The highest BCUT2D eigenvalue weighted by molar-refractivity contribution is 9.10. The van der Waals surface area contributed by atoms with Gasteiger partial charge in [-0.25, -0.2) is 8.42 Å². The van der Waals surface area contributed by atoms with E-state index in [9.17, 15) is 13.2 Å². The second-order valence-corrected chi connectivity index (χ2v) is 10.6. The van der Waals surface area contributed by atoms with Gasteiger partial charge in [0.2, 0.25) is 10.0 Å². The van der Waals surface area contributed by atoms with Gasteiger partial charge in [0.25, 0.3) is 5.56 Å². The number of hydrogen-bond acceptors (Lipinski definition) is 3. The summed E-state index contributed by atoms with van der Waals surface area (Å²) in [6, 6.07) is 21.9. The minimum Gasteiger partial charge on any atom is -0.321 e. The molecule has 1 aromatic heterocycles. The van der Waals surface area contributed by atoms with Gasteiger partial charge in [-0.1, -0.05) is 54.6 Å². The third-order valence-corrected chi connectivity index (χ3v) is 8.33. The molecule has 0 atom stereocenters. The molecular formula is C25H23BrN2O3S. The van der Waals surface area contributed by atoms with Gasteiger partial charge in [-0.15, -0.1) is 0 Å². The summed E-state index contributed by atoms with van der Waals surface area (Å²) in [6.45, 7) is 4.02. The highest BCUT2D eigenvalue weighted by atomic mass is 79.9. The normalized spacial score (nSPS) is 11.9. The summed E-state index contributed by atoms with van der Waals surface area (Å²) in [5.74, 6) is 0. The van der Waals surface area contributed by atoms with Crippen LogP contribution in [0, 0.1) is 13.8 Å². The molecule has 5 nitrogen and oxygen atoms in total. The Morgan fingerprint density at radius 3 is 2.25 bits per heavy atom. The highest BCUT2D eigenvalue weighted by Gasteiger charge is 2.28. The Bertz CT molecular complexity index is 1450. The van der Waals surface area contributed by atoms with Crippen LogP contribution in [0.15, 0.2) is 87.0 Å².